The van der Waals surface area contributed by atoms with Crippen LogP contribution in [0.25, 0.3) is 11.5 Å². The summed E-state index contributed by atoms with van der Waals surface area (Å²) >= 11 is 0. The van der Waals surface area contributed by atoms with Crippen molar-refractivity contribution in [2.45, 2.75) is 6.92 Å². The van der Waals surface area contributed by atoms with Gasteiger partial charge in [-0.15, -0.1) is 0 Å². The Kier molecular flexibility index (Phi) is 5.72. The third-order valence-corrected chi connectivity index (χ3v) is 5.85. The third-order valence-electron chi connectivity index (χ3n) is 3.99. The molecule has 3 heteroatoms. The molecule has 3 aromatic carbocycles. The van der Waals surface area contributed by atoms with Crippen molar-refractivity contribution >= 4 is 26.0 Å². The van der Waals surface area contributed by atoms with E-state index in [1.807, 2.05) is 78.9 Å². The lowest BCUT2D eigenvalue weighted by Crippen LogP contribution is -2.37. The summed E-state index contributed by atoms with van der Waals surface area (Å²) in [7, 11) is -1.84. The highest BCUT2D eigenvalue weighted by molar-refractivity contribution is 6.63. The van der Waals surface area contributed by atoms with Crippen LogP contribution in [-0.4, -0.2) is 9.28 Å². The van der Waals surface area contributed by atoms with Crippen LogP contribution >= 0.6 is 0 Å². The Hall–Kier alpha value is -3.04. The first kappa shape index (κ1) is 17.8. The molecule has 1 radical (unpaired) electrons. The summed E-state index contributed by atoms with van der Waals surface area (Å²) in [6.07, 6.45) is 0. The Morgan fingerprint density at radius 2 is 1.08 bits per heavy atom. The van der Waals surface area contributed by atoms with E-state index in [9.17, 15) is 0 Å². The molecule has 0 amide bonds. The molecule has 0 heterocycles. The summed E-state index contributed by atoms with van der Waals surface area (Å²) < 4.78 is 12.4. The highest BCUT2D eigenvalue weighted by atomic mass is 28.3. The molecule has 0 unspecified atom stereocenters. The van der Waals surface area contributed by atoms with Crippen LogP contribution in [0.15, 0.2) is 98.1 Å². The lowest BCUT2D eigenvalue weighted by atomic mass is 10.2. The van der Waals surface area contributed by atoms with Crippen molar-refractivity contribution in [3.05, 3.63) is 115 Å². The van der Waals surface area contributed by atoms with Crippen LogP contribution in [0.4, 0.5) is 0 Å². The molecule has 0 atom stereocenters. The van der Waals surface area contributed by atoms with Gasteiger partial charge in [0, 0.05) is 16.3 Å². The van der Waals surface area contributed by atoms with Crippen LogP contribution in [0, 0.1) is 6.92 Å². The number of aryl methyl sites for hydroxylation is 1. The molecule has 0 saturated heterocycles. The minimum absolute atomic E-state index is 0.601. The maximum Gasteiger partial charge on any atom is 0.572 e. The molecule has 0 bridgehead atoms. The molecule has 0 spiro atoms. The molecule has 2 nitrogen and oxygen atoms in total. The van der Waals surface area contributed by atoms with Crippen LogP contribution in [0.3, 0.4) is 0 Å². The van der Waals surface area contributed by atoms with E-state index in [-0.39, 0.29) is 0 Å². The smallest absolute Gasteiger partial charge is 0.507 e. The van der Waals surface area contributed by atoms with Crippen molar-refractivity contribution in [1.29, 1.82) is 0 Å². The minimum atomic E-state index is -1.84. The monoisotopic (exact) mass is 357 g/mol. The number of rotatable bonds is 7. The first-order valence-electron chi connectivity index (χ1n) is 8.42. The average Bonchev–Trinajstić information content (AvgIpc) is 2.69. The van der Waals surface area contributed by atoms with E-state index in [1.165, 1.54) is 0 Å². The molecule has 0 N–H and O–H groups in total. The molecule has 0 aliphatic rings. The fourth-order valence-electron chi connectivity index (χ4n) is 2.52. The molecule has 0 aromatic heterocycles. The average molecular weight is 358 g/mol. The van der Waals surface area contributed by atoms with E-state index in [4.69, 9.17) is 8.85 Å². The lowest BCUT2D eigenvalue weighted by Gasteiger charge is -2.21. The van der Waals surface area contributed by atoms with Crippen molar-refractivity contribution in [2.75, 3.05) is 0 Å². The van der Waals surface area contributed by atoms with E-state index in [2.05, 4.69) is 26.1 Å². The van der Waals surface area contributed by atoms with Crippen LogP contribution in [-0.2, 0) is 8.85 Å². The number of hydrogen-bond acceptors (Lipinski definition) is 2. The first-order valence-corrected chi connectivity index (χ1v) is 9.74. The topological polar surface area (TPSA) is 18.5 Å². The Morgan fingerprint density at radius 3 is 1.54 bits per heavy atom. The molecular weight excluding hydrogens is 336 g/mol. The van der Waals surface area contributed by atoms with Gasteiger partial charge < -0.3 is 8.85 Å². The van der Waals surface area contributed by atoms with E-state index >= 15 is 0 Å². The number of hydrogen-bond donors (Lipinski definition) is 0. The zero-order chi connectivity index (χ0) is 18.4. The molecule has 0 fully saturated rings. The largest absolute Gasteiger partial charge is 0.572 e. The van der Waals surface area contributed by atoms with Gasteiger partial charge in [0.2, 0.25) is 0 Å². The van der Waals surface area contributed by atoms with Gasteiger partial charge in [-0.05, 0) is 12.5 Å². The summed E-state index contributed by atoms with van der Waals surface area (Å²) in [5, 5.41) is 1.05. The van der Waals surface area contributed by atoms with Crippen molar-refractivity contribution in [1.82, 2.24) is 0 Å². The lowest BCUT2D eigenvalue weighted by molar-refractivity contribution is 0.393. The van der Waals surface area contributed by atoms with Gasteiger partial charge in [0.05, 0.1) is 0 Å². The van der Waals surface area contributed by atoms with Crippen LogP contribution < -0.4 is 5.19 Å². The van der Waals surface area contributed by atoms with E-state index in [1.54, 1.807) is 0 Å². The van der Waals surface area contributed by atoms with Gasteiger partial charge >= 0.3 is 9.28 Å². The van der Waals surface area contributed by atoms with Crippen molar-refractivity contribution < 1.29 is 8.85 Å². The second kappa shape index (κ2) is 8.36. The zero-order valence-electron chi connectivity index (χ0n) is 14.8. The second-order valence-electron chi connectivity index (χ2n) is 5.88. The minimum Gasteiger partial charge on any atom is -0.507 e. The zero-order valence-corrected chi connectivity index (χ0v) is 15.8. The molecule has 0 aliphatic carbocycles. The van der Waals surface area contributed by atoms with Gasteiger partial charge in [-0.25, -0.2) is 0 Å². The summed E-state index contributed by atoms with van der Waals surface area (Å²) in [4.78, 5) is 0. The molecular formula is C23H21O2Si. The van der Waals surface area contributed by atoms with Gasteiger partial charge in [-0.3, -0.25) is 0 Å². The van der Waals surface area contributed by atoms with E-state index in [0.29, 0.717) is 11.5 Å². The van der Waals surface area contributed by atoms with Gasteiger partial charge in [-0.2, -0.15) is 0 Å². The molecule has 0 saturated carbocycles. The van der Waals surface area contributed by atoms with Crippen LogP contribution in [0.2, 0.25) is 0 Å². The predicted molar refractivity (Wildman–Crippen MR) is 110 cm³/mol. The second-order valence-corrected chi connectivity index (χ2v) is 7.41. The highest BCUT2D eigenvalue weighted by Gasteiger charge is 2.27. The van der Waals surface area contributed by atoms with Crippen molar-refractivity contribution in [2.24, 2.45) is 0 Å². The van der Waals surface area contributed by atoms with Crippen LogP contribution in [0.1, 0.15) is 16.7 Å². The maximum atomic E-state index is 6.22. The SMILES string of the molecule is C=C(O[Si](OC(=C)c1ccccc1)c1ccccc1C)c1ccccc1. The molecule has 129 valence electrons. The van der Waals surface area contributed by atoms with Gasteiger partial charge in [-0.1, -0.05) is 98.1 Å². The third kappa shape index (κ3) is 4.32. The Bertz CT molecular complexity index is 835. The normalized spacial score (nSPS) is 10.4. The maximum absolute atomic E-state index is 6.22. The summed E-state index contributed by atoms with van der Waals surface area (Å²) in [6.45, 7) is 10.2. The Morgan fingerprint density at radius 1 is 0.654 bits per heavy atom. The number of benzene rings is 3. The molecule has 26 heavy (non-hydrogen) atoms. The van der Waals surface area contributed by atoms with E-state index in [0.717, 1.165) is 21.9 Å². The molecule has 0 aliphatic heterocycles. The van der Waals surface area contributed by atoms with Crippen LogP contribution in [0.5, 0.6) is 0 Å². The molecule has 3 aromatic rings. The molecule has 3 rings (SSSR count). The van der Waals surface area contributed by atoms with Crippen molar-refractivity contribution in [3.8, 4) is 0 Å². The predicted octanol–water partition coefficient (Wildman–Crippen LogP) is 5.07. The first-order chi connectivity index (χ1) is 12.6. The van der Waals surface area contributed by atoms with Gasteiger partial charge in [0.15, 0.2) is 0 Å². The van der Waals surface area contributed by atoms with Crippen molar-refractivity contribution in [3.63, 3.8) is 0 Å². The Labute approximate surface area is 156 Å². The summed E-state index contributed by atoms with van der Waals surface area (Å²) in [6, 6.07) is 27.8. The summed E-state index contributed by atoms with van der Waals surface area (Å²) in [5.74, 6) is 1.20. The fraction of sp³-hybridized carbons (Fsp3) is 0.0435. The summed E-state index contributed by atoms with van der Waals surface area (Å²) in [5.41, 5.74) is 3.01. The Balaban J connectivity index is 1.86. The quantitative estimate of drug-likeness (QED) is 0.434. The van der Waals surface area contributed by atoms with Gasteiger partial charge in [0.1, 0.15) is 11.5 Å². The fourth-order valence-corrected chi connectivity index (χ4v) is 4.10. The standard InChI is InChI=1S/C23H21O2Si/c1-18-12-10-11-17-23(18)26(24-19(2)21-13-6-4-7-14-21)25-20(3)22-15-8-5-9-16-22/h4-17H,2-3H2,1H3. The van der Waals surface area contributed by atoms with Gasteiger partial charge in [0.25, 0.3) is 0 Å². The highest BCUT2D eigenvalue weighted by Crippen LogP contribution is 2.20. The van der Waals surface area contributed by atoms with E-state index < -0.39 is 9.28 Å².